The first-order valence-corrected chi connectivity index (χ1v) is 9.55. The Hall–Kier alpha value is -1.40. The molecule has 0 atom stereocenters. The molecule has 0 aromatic heterocycles. The average molecular weight is 297 g/mol. The van der Waals surface area contributed by atoms with Crippen molar-refractivity contribution >= 4 is 14.0 Å². The molecule has 20 heavy (non-hydrogen) atoms. The van der Waals surface area contributed by atoms with E-state index in [0.717, 1.165) is 0 Å². The molecular weight excluding hydrogens is 274 g/mol. The Bertz CT molecular complexity index is 451. The summed E-state index contributed by atoms with van der Waals surface area (Å²) in [6, 6.07) is 6.07. The normalized spacial score (nSPS) is 12.2. The number of benzene rings is 1. The summed E-state index contributed by atoms with van der Waals surface area (Å²) >= 11 is 0. The number of ether oxygens (including phenoxy) is 1. The molecule has 1 rings (SSSR count). The first-order chi connectivity index (χ1) is 9.13. The topological polar surface area (TPSA) is 61.6 Å². The Morgan fingerprint density at radius 3 is 2.15 bits per heavy atom. The summed E-state index contributed by atoms with van der Waals surface area (Å²) in [6.07, 6.45) is 0. The molecule has 0 unspecified atom stereocenters. The first kappa shape index (κ1) is 16.7. The largest absolute Gasteiger partial charge is 0.491 e. The SMILES string of the molecule is CC(C)(C)[Si](C)(C)OCCOc1ccc([N+](=O)[O-])cc1. The highest BCUT2D eigenvalue weighted by molar-refractivity contribution is 6.74. The van der Waals surface area contributed by atoms with Gasteiger partial charge < -0.3 is 9.16 Å². The van der Waals surface area contributed by atoms with Gasteiger partial charge in [-0.3, -0.25) is 10.1 Å². The molecule has 0 aliphatic heterocycles. The molecule has 0 bridgehead atoms. The number of nitro groups is 1. The molecule has 0 amide bonds. The number of rotatable bonds is 6. The molecular formula is C14H23NO4Si. The molecule has 0 fully saturated rings. The number of nitrogens with zero attached hydrogens (tertiary/aromatic N) is 1. The third-order valence-electron chi connectivity index (χ3n) is 3.67. The zero-order chi connectivity index (χ0) is 15.4. The maximum absolute atomic E-state index is 10.5. The highest BCUT2D eigenvalue weighted by atomic mass is 28.4. The molecule has 112 valence electrons. The molecule has 0 heterocycles. The standard InChI is InChI=1S/C14H23NO4Si/c1-14(2,3)20(4,5)19-11-10-18-13-8-6-12(7-9-13)15(16)17/h6-9H,10-11H2,1-5H3. The Kier molecular flexibility index (Phi) is 5.30. The van der Waals surface area contributed by atoms with E-state index in [9.17, 15) is 10.1 Å². The van der Waals surface area contributed by atoms with Gasteiger partial charge in [0.1, 0.15) is 12.4 Å². The Balaban J connectivity index is 2.40. The van der Waals surface area contributed by atoms with E-state index in [1.165, 1.54) is 12.1 Å². The van der Waals surface area contributed by atoms with Crippen LogP contribution in [0.4, 0.5) is 5.69 Å². The van der Waals surface area contributed by atoms with E-state index >= 15 is 0 Å². The minimum Gasteiger partial charge on any atom is -0.491 e. The second-order valence-electron chi connectivity index (χ2n) is 6.21. The van der Waals surface area contributed by atoms with Crippen LogP contribution in [-0.2, 0) is 4.43 Å². The van der Waals surface area contributed by atoms with Crippen LogP contribution in [0.5, 0.6) is 5.75 Å². The molecule has 0 radical (unpaired) electrons. The van der Waals surface area contributed by atoms with Crippen molar-refractivity contribution in [3.8, 4) is 5.75 Å². The average Bonchev–Trinajstić information content (AvgIpc) is 2.34. The van der Waals surface area contributed by atoms with Gasteiger partial charge in [-0.2, -0.15) is 0 Å². The highest BCUT2D eigenvalue weighted by Gasteiger charge is 2.36. The number of hydrogen-bond acceptors (Lipinski definition) is 4. The third kappa shape index (κ3) is 4.61. The lowest BCUT2D eigenvalue weighted by atomic mass is 10.2. The van der Waals surface area contributed by atoms with E-state index in [4.69, 9.17) is 9.16 Å². The zero-order valence-electron chi connectivity index (χ0n) is 12.8. The molecule has 0 spiro atoms. The maximum Gasteiger partial charge on any atom is 0.269 e. The van der Waals surface area contributed by atoms with Gasteiger partial charge in [0, 0.05) is 12.1 Å². The lowest BCUT2D eigenvalue weighted by Gasteiger charge is -2.36. The van der Waals surface area contributed by atoms with Crippen molar-refractivity contribution in [2.45, 2.75) is 38.9 Å². The van der Waals surface area contributed by atoms with Crippen LogP contribution in [0.3, 0.4) is 0 Å². The van der Waals surface area contributed by atoms with E-state index in [2.05, 4.69) is 33.9 Å². The Morgan fingerprint density at radius 2 is 1.70 bits per heavy atom. The minimum absolute atomic E-state index is 0.0647. The van der Waals surface area contributed by atoms with Crippen LogP contribution in [0.25, 0.3) is 0 Å². The second kappa shape index (κ2) is 6.36. The van der Waals surface area contributed by atoms with Gasteiger partial charge in [-0.1, -0.05) is 20.8 Å². The van der Waals surface area contributed by atoms with Crippen LogP contribution >= 0.6 is 0 Å². The molecule has 0 aliphatic carbocycles. The molecule has 0 saturated heterocycles. The fraction of sp³-hybridized carbons (Fsp3) is 0.571. The van der Waals surface area contributed by atoms with Crippen LogP contribution in [0.2, 0.25) is 18.1 Å². The quantitative estimate of drug-likeness (QED) is 0.345. The van der Waals surface area contributed by atoms with Gasteiger partial charge in [-0.25, -0.2) is 0 Å². The molecule has 0 saturated carbocycles. The maximum atomic E-state index is 10.5. The predicted molar refractivity (Wildman–Crippen MR) is 81.7 cm³/mol. The van der Waals surface area contributed by atoms with Crippen molar-refractivity contribution in [3.63, 3.8) is 0 Å². The van der Waals surface area contributed by atoms with Crippen LogP contribution in [0, 0.1) is 10.1 Å². The predicted octanol–water partition coefficient (Wildman–Crippen LogP) is 4.00. The molecule has 1 aromatic carbocycles. The van der Waals surface area contributed by atoms with Crippen LogP contribution in [0.1, 0.15) is 20.8 Å². The summed E-state index contributed by atoms with van der Waals surface area (Å²) in [5.74, 6) is 0.620. The van der Waals surface area contributed by atoms with Crippen molar-refractivity contribution < 1.29 is 14.1 Å². The lowest BCUT2D eigenvalue weighted by Crippen LogP contribution is -2.41. The second-order valence-corrected chi connectivity index (χ2v) is 11.0. The van der Waals surface area contributed by atoms with Crippen molar-refractivity contribution in [3.05, 3.63) is 34.4 Å². The summed E-state index contributed by atoms with van der Waals surface area (Å²) in [7, 11) is -1.74. The van der Waals surface area contributed by atoms with Crippen LogP contribution < -0.4 is 4.74 Å². The monoisotopic (exact) mass is 297 g/mol. The Morgan fingerprint density at radius 1 is 1.15 bits per heavy atom. The van der Waals surface area contributed by atoms with Crippen LogP contribution in [0.15, 0.2) is 24.3 Å². The van der Waals surface area contributed by atoms with Gasteiger partial charge in [0.15, 0.2) is 8.32 Å². The number of hydrogen-bond donors (Lipinski definition) is 0. The number of nitro benzene ring substituents is 1. The van der Waals surface area contributed by atoms with Crippen molar-refractivity contribution in [2.75, 3.05) is 13.2 Å². The van der Waals surface area contributed by atoms with Gasteiger partial charge in [0.25, 0.3) is 5.69 Å². The van der Waals surface area contributed by atoms with Gasteiger partial charge in [-0.15, -0.1) is 0 Å². The third-order valence-corrected chi connectivity index (χ3v) is 8.21. The van der Waals surface area contributed by atoms with E-state index in [0.29, 0.717) is 19.0 Å². The molecule has 6 heteroatoms. The van der Waals surface area contributed by atoms with Gasteiger partial charge in [-0.05, 0) is 30.3 Å². The summed E-state index contributed by atoms with van der Waals surface area (Å²) in [6.45, 7) is 11.9. The minimum atomic E-state index is -1.74. The number of non-ortho nitro benzene ring substituents is 1. The fourth-order valence-electron chi connectivity index (χ4n) is 1.34. The van der Waals surface area contributed by atoms with Crippen molar-refractivity contribution in [1.29, 1.82) is 0 Å². The summed E-state index contributed by atoms with van der Waals surface area (Å²) in [5.41, 5.74) is 0.0647. The van der Waals surface area contributed by atoms with Gasteiger partial charge >= 0.3 is 0 Å². The molecule has 5 nitrogen and oxygen atoms in total. The van der Waals surface area contributed by atoms with Gasteiger partial charge in [0.2, 0.25) is 0 Å². The Labute approximate surface area is 121 Å². The lowest BCUT2D eigenvalue weighted by molar-refractivity contribution is -0.384. The van der Waals surface area contributed by atoms with E-state index in [1.54, 1.807) is 12.1 Å². The van der Waals surface area contributed by atoms with Crippen molar-refractivity contribution in [2.24, 2.45) is 0 Å². The zero-order valence-corrected chi connectivity index (χ0v) is 13.8. The smallest absolute Gasteiger partial charge is 0.269 e. The highest BCUT2D eigenvalue weighted by Crippen LogP contribution is 2.36. The first-order valence-electron chi connectivity index (χ1n) is 6.65. The van der Waals surface area contributed by atoms with Crippen LogP contribution in [-0.4, -0.2) is 26.5 Å². The van der Waals surface area contributed by atoms with E-state index in [-0.39, 0.29) is 10.7 Å². The summed E-state index contributed by atoms with van der Waals surface area (Å²) in [5, 5.41) is 10.7. The van der Waals surface area contributed by atoms with E-state index in [1.807, 2.05) is 0 Å². The summed E-state index contributed by atoms with van der Waals surface area (Å²) in [4.78, 5) is 10.1. The summed E-state index contributed by atoms with van der Waals surface area (Å²) < 4.78 is 11.5. The van der Waals surface area contributed by atoms with Gasteiger partial charge in [0.05, 0.1) is 11.5 Å². The molecule has 0 N–H and O–H groups in total. The van der Waals surface area contributed by atoms with Crippen molar-refractivity contribution in [1.82, 2.24) is 0 Å². The molecule has 0 aliphatic rings. The molecule has 1 aromatic rings. The van der Waals surface area contributed by atoms with E-state index < -0.39 is 13.2 Å². The fourth-order valence-corrected chi connectivity index (χ4v) is 2.36.